The van der Waals surface area contributed by atoms with Gasteiger partial charge in [0.25, 0.3) is 0 Å². The number of hydrogen-bond donors (Lipinski definition) is 1. The Labute approximate surface area is 200 Å². The second-order valence-corrected chi connectivity index (χ2v) is 10.0. The van der Waals surface area contributed by atoms with Gasteiger partial charge in [-0.05, 0) is 48.9 Å². The molecular weight excluding hydrogens is 428 g/mol. The first-order valence-electron chi connectivity index (χ1n) is 12.2. The fourth-order valence-corrected chi connectivity index (χ4v) is 5.74. The maximum Gasteiger partial charge on any atom is 0.330 e. The third-order valence-electron chi connectivity index (χ3n) is 7.50. The number of anilines is 2. The van der Waals surface area contributed by atoms with Gasteiger partial charge in [0.05, 0.1) is 6.04 Å². The van der Waals surface area contributed by atoms with Gasteiger partial charge in [-0.3, -0.25) is 19.8 Å². The number of nitrogens with zero attached hydrogens (tertiary/aromatic N) is 3. The van der Waals surface area contributed by atoms with Crippen LogP contribution in [0.5, 0.6) is 0 Å². The van der Waals surface area contributed by atoms with Gasteiger partial charge in [-0.1, -0.05) is 50.2 Å². The third kappa shape index (κ3) is 3.63. The lowest BCUT2D eigenvalue weighted by molar-refractivity contribution is -0.153. The largest absolute Gasteiger partial charge is 0.368 e. The van der Waals surface area contributed by atoms with E-state index in [4.69, 9.17) is 0 Å². The standard InChI is InChI=1S/C27H32N4O3/c1-19(2)9-8-14-31-25(33)27(24(32)28-26(31)34)17-20-10-6-7-13-22(20)30-16-15-29(18-23(27)30)21-11-4-3-5-12-21/h3-7,10-13,19,23H,8-9,14-18H2,1-2H3,(H,28,32,34)/t23-,27-/m1/s1. The molecule has 5 rings (SSSR count). The number of amides is 4. The highest BCUT2D eigenvalue weighted by atomic mass is 16.2. The van der Waals surface area contributed by atoms with Gasteiger partial charge >= 0.3 is 6.03 Å². The number of rotatable bonds is 5. The molecule has 2 saturated heterocycles. The smallest absolute Gasteiger partial charge is 0.330 e. The Kier molecular flexibility index (Phi) is 5.80. The van der Waals surface area contributed by atoms with Gasteiger partial charge in [0.15, 0.2) is 5.41 Å². The summed E-state index contributed by atoms with van der Waals surface area (Å²) in [4.78, 5) is 46.2. The van der Waals surface area contributed by atoms with Crippen LogP contribution >= 0.6 is 0 Å². The summed E-state index contributed by atoms with van der Waals surface area (Å²) in [6, 6.07) is 17.2. The van der Waals surface area contributed by atoms with Crippen LogP contribution in [0.15, 0.2) is 54.6 Å². The van der Waals surface area contributed by atoms with Gasteiger partial charge in [-0.2, -0.15) is 0 Å². The number of benzene rings is 2. The van der Waals surface area contributed by atoms with E-state index in [1.165, 1.54) is 4.90 Å². The maximum atomic E-state index is 14.1. The second-order valence-electron chi connectivity index (χ2n) is 10.0. The van der Waals surface area contributed by atoms with Crippen LogP contribution in [0.1, 0.15) is 32.3 Å². The molecule has 2 fully saturated rings. The summed E-state index contributed by atoms with van der Waals surface area (Å²) >= 11 is 0. The van der Waals surface area contributed by atoms with E-state index >= 15 is 0 Å². The minimum absolute atomic E-state index is 0.297. The normalized spacial score (nSPS) is 24.4. The molecule has 7 heteroatoms. The highest BCUT2D eigenvalue weighted by Gasteiger charge is 2.62. The van der Waals surface area contributed by atoms with Crippen molar-refractivity contribution >= 4 is 29.2 Å². The minimum Gasteiger partial charge on any atom is -0.368 e. The lowest BCUT2D eigenvalue weighted by Gasteiger charge is -2.55. The fraction of sp³-hybridized carbons (Fsp3) is 0.444. The van der Waals surface area contributed by atoms with Crippen molar-refractivity contribution < 1.29 is 14.4 Å². The molecule has 3 aliphatic heterocycles. The van der Waals surface area contributed by atoms with Gasteiger partial charge in [0.2, 0.25) is 11.8 Å². The quantitative estimate of drug-likeness (QED) is 0.692. The van der Waals surface area contributed by atoms with Crippen LogP contribution in [0, 0.1) is 11.3 Å². The SMILES string of the molecule is CC(C)CCCN1C(=O)NC(=O)[C@]2(Cc3ccccc3N3CCN(c4ccccc4)C[C@@H]32)C1=O. The first kappa shape index (κ1) is 22.4. The van der Waals surface area contributed by atoms with E-state index in [0.717, 1.165) is 36.3 Å². The molecule has 0 bridgehead atoms. The lowest BCUT2D eigenvalue weighted by Crippen LogP contribution is -2.75. The Morgan fingerprint density at radius 3 is 2.50 bits per heavy atom. The number of para-hydroxylation sites is 2. The van der Waals surface area contributed by atoms with E-state index in [0.29, 0.717) is 32.0 Å². The number of piperazine rings is 1. The van der Waals surface area contributed by atoms with Gasteiger partial charge in [0.1, 0.15) is 0 Å². The van der Waals surface area contributed by atoms with Crippen LogP contribution in [0.4, 0.5) is 16.2 Å². The highest BCUT2D eigenvalue weighted by molar-refractivity contribution is 6.20. The predicted octanol–water partition coefficient (Wildman–Crippen LogP) is 3.44. The zero-order valence-electron chi connectivity index (χ0n) is 19.9. The highest BCUT2D eigenvalue weighted by Crippen LogP contribution is 2.46. The van der Waals surface area contributed by atoms with Crippen molar-refractivity contribution in [2.45, 2.75) is 39.2 Å². The molecule has 1 N–H and O–H groups in total. The fourth-order valence-electron chi connectivity index (χ4n) is 5.74. The molecule has 0 aliphatic carbocycles. The second kappa shape index (κ2) is 8.78. The van der Waals surface area contributed by atoms with Crippen molar-refractivity contribution in [3.8, 4) is 0 Å². The summed E-state index contributed by atoms with van der Waals surface area (Å²) in [5.74, 6) is -0.347. The van der Waals surface area contributed by atoms with Crippen molar-refractivity contribution in [2.24, 2.45) is 11.3 Å². The molecule has 7 nitrogen and oxygen atoms in total. The number of barbiturate groups is 1. The minimum atomic E-state index is -1.34. The van der Waals surface area contributed by atoms with E-state index in [1.54, 1.807) is 0 Å². The topological polar surface area (TPSA) is 73.0 Å². The Morgan fingerprint density at radius 2 is 1.74 bits per heavy atom. The molecule has 0 unspecified atom stereocenters. The van der Waals surface area contributed by atoms with Gasteiger partial charge in [-0.15, -0.1) is 0 Å². The van der Waals surface area contributed by atoms with Crippen molar-refractivity contribution in [3.05, 3.63) is 60.2 Å². The lowest BCUT2D eigenvalue weighted by atomic mass is 9.67. The van der Waals surface area contributed by atoms with Crippen molar-refractivity contribution in [2.75, 3.05) is 36.0 Å². The summed E-state index contributed by atoms with van der Waals surface area (Å²) in [5, 5.41) is 2.56. The Balaban J connectivity index is 1.55. The van der Waals surface area contributed by atoms with E-state index in [-0.39, 0.29) is 11.9 Å². The zero-order valence-corrected chi connectivity index (χ0v) is 19.9. The molecule has 0 radical (unpaired) electrons. The average Bonchev–Trinajstić information content (AvgIpc) is 2.84. The molecular formula is C27H32N4O3. The molecule has 1 spiro atoms. The molecule has 34 heavy (non-hydrogen) atoms. The van der Waals surface area contributed by atoms with Crippen LogP contribution in [0.2, 0.25) is 0 Å². The Hall–Kier alpha value is -3.35. The Bertz CT molecular complexity index is 1100. The third-order valence-corrected chi connectivity index (χ3v) is 7.50. The number of carbonyl (C=O) groups excluding carboxylic acids is 3. The number of fused-ring (bicyclic) bond motifs is 4. The zero-order chi connectivity index (χ0) is 23.9. The number of imide groups is 2. The van der Waals surface area contributed by atoms with E-state index < -0.39 is 17.4 Å². The summed E-state index contributed by atoms with van der Waals surface area (Å²) in [6.45, 7) is 6.59. The molecule has 3 aliphatic rings. The van der Waals surface area contributed by atoms with E-state index in [2.05, 4.69) is 47.2 Å². The monoisotopic (exact) mass is 460 g/mol. The number of carbonyl (C=O) groups is 3. The van der Waals surface area contributed by atoms with Crippen molar-refractivity contribution in [1.29, 1.82) is 0 Å². The van der Waals surface area contributed by atoms with Crippen LogP contribution < -0.4 is 15.1 Å². The molecule has 3 heterocycles. The molecule has 4 amide bonds. The first-order valence-corrected chi connectivity index (χ1v) is 12.2. The molecule has 0 saturated carbocycles. The van der Waals surface area contributed by atoms with Crippen LogP contribution in [-0.4, -0.2) is 55.0 Å². The summed E-state index contributed by atoms with van der Waals surface area (Å²) < 4.78 is 0. The van der Waals surface area contributed by atoms with Crippen molar-refractivity contribution in [1.82, 2.24) is 10.2 Å². The van der Waals surface area contributed by atoms with E-state index in [9.17, 15) is 14.4 Å². The Morgan fingerprint density at radius 1 is 1.00 bits per heavy atom. The van der Waals surface area contributed by atoms with Crippen molar-refractivity contribution in [3.63, 3.8) is 0 Å². The predicted molar refractivity (Wildman–Crippen MR) is 132 cm³/mol. The van der Waals surface area contributed by atoms with Crippen LogP contribution in [0.25, 0.3) is 0 Å². The molecule has 178 valence electrons. The summed E-state index contributed by atoms with van der Waals surface area (Å²) in [6.07, 6.45) is 1.94. The average molecular weight is 461 g/mol. The number of hydrogen-bond acceptors (Lipinski definition) is 5. The first-order chi connectivity index (χ1) is 16.4. The van der Waals surface area contributed by atoms with Gasteiger partial charge in [0, 0.05) is 37.6 Å². The molecule has 2 atom stereocenters. The number of urea groups is 1. The van der Waals surface area contributed by atoms with Gasteiger partial charge < -0.3 is 9.80 Å². The van der Waals surface area contributed by atoms with Crippen LogP contribution in [0.3, 0.4) is 0 Å². The van der Waals surface area contributed by atoms with E-state index in [1.807, 2.05) is 36.4 Å². The molecule has 2 aromatic rings. The number of nitrogens with one attached hydrogen (secondary N) is 1. The maximum absolute atomic E-state index is 14.1. The van der Waals surface area contributed by atoms with Gasteiger partial charge in [-0.25, -0.2) is 4.79 Å². The van der Waals surface area contributed by atoms with Crippen LogP contribution in [-0.2, 0) is 16.0 Å². The summed E-state index contributed by atoms with van der Waals surface area (Å²) in [5.41, 5.74) is 1.79. The summed E-state index contributed by atoms with van der Waals surface area (Å²) in [7, 11) is 0. The molecule has 0 aromatic heterocycles. The molecule has 2 aromatic carbocycles.